The highest BCUT2D eigenvalue weighted by Gasteiger charge is 2.01. The summed E-state index contributed by atoms with van der Waals surface area (Å²) in [7, 11) is 0. The summed E-state index contributed by atoms with van der Waals surface area (Å²) >= 11 is 7.67. The molecule has 0 aliphatic heterocycles. The van der Waals surface area contributed by atoms with Crippen molar-refractivity contribution in [3.05, 3.63) is 53.3 Å². The van der Waals surface area contributed by atoms with E-state index < -0.39 is 0 Å². The first-order valence-electron chi connectivity index (χ1n) is 4.83. The van der Waals surface area contributed by atoms with Crippen LogP contribution in [0.15, 0.2) is 47.5 Å². The van der Waals surface area contributed by atoms with E-state index in [1.165, 1.54) is 0 Å². The van der Waals surface area contributed by atoms with Crippen molar-refractivity contribution in [3.8, 4) is 0 Å². The molecule has 0 fully saturated rings. The van der Waals surface area contributed by atoms with Gasteiger partial charge in [-0.2, -0.15) is 0 Å². The minimum atomic E-state index is 0.568. The van der Waals surface area contributed by atoms with E-state index in [-0.39, 0.29) is 0 Å². The maximum atomic E-state index is 5.97. The van der Waals surface area contributed by atoms with Gasteiger partial charge in [-0.3, -0.25) is 0 Å². The van der Waals surface area contributed by atoms with Gasteiger partial charge in [0, 0.05) is 22.5 Å². The molecule has 2 aromatic rings. The Morgan fingerprint density at radius 2 is 2.12 bits per heavy atom. The fourth-order valence-electron chi connectivity index (χ4n) is 1.29. The summed E-state index contributed by atoms with van der Waals surface area (Å²) in [6.07, 6.45) is 1.69. The smallest absolute Gasteiger partial charge is 0.133 e. The van der Waals surface area contributed by atoms with Gasteiger partial charge in [0.1, 0.15) is 5.15 Å². The molecule has 0 saturated carbocycles. The molecule has 0 unspecified atom stereocenters. The molecule has 1 heterocycles. The fraction of sp³-hybridized carbons (Fsp3) is 0.0833. The van der Waals surface area contributed by atoms with Crippen LogP contribution in [0.4, 0.5) is 5.69 Å². The van der Waals surface area contributed by atoms with Gasteiger partial charge in [-0.1, -0.05) is 23.7 Å². The summed E-state index contributed by atoms with van der Waals surface area (Å²) in [4.78, 5) is 5.18. The number of nitrogens with two attached hydrogens (primary N) is 1. The number of thioether (sulfide) groups is 1. The van der Waals surface area contributed by atoms with Crippen LogP contribution in [-0.4, -0.2) is 4.98 Å². The second kappa shape index (κ2) is 5.23. The summed E-state index contributed by atoms with van der Waals surface area (Å²) in [5.74, 6) is 0.802. The van der Waals surface area contributed by atoms with Crippen LogP contribution in [0.25, 0.3) is 0 Å². The molecule has 0 atom stereocenters. The molecule has 82 valence electrons. The van der Waals surface area contributed by atoms with E-state index in [9.17, 15) is 0 Å². The number of anilines is 1. The molecule has 1 aromatic carbocycles. The van der Waals surface area contributed by atoms with Crippen LogP contribution < -0.4 is 5.73 Å². The SMILES string of the molecule is Nc1cccc(SCc2cccnc2Cl)c1. The summed E-state index contributed by atoms with van der Waals surface area (Å²) in [6.45, 7) is 0. The predicted octanol–water partition coefficient (Wildman–Crippen LogP) is 3.61. The average molecular weight is 251 g/mol. The number of hydrogen-bond acceptors (Lipinski definition) is 3. The van der Waals surface area contributed by atoms with E-state index in [2.05, 4.69) is 4.98 Å². The van der Waals surface area contributed by atoms with Gasteiger partial charge in [-0.15, -0.1) is 11.8 Å². The Balaban J connectivity index is 2.05. The van der Waals surface area contributed by atoms with Crippen molar-refractivity contribution in [3.63, 3.8) is 0 Å². The molecule has 0 saturated heterocycles. The Kier molecular flexibility index (Phi) is 3.70. The quantitative estimate of drug-likeness (QED) is 0.514. The molecule has 1 aromatic heterocycles. The first-order chi connectivity index (χ1) is 7.75. The van der Waals surface area contributed by atoms with Gasteiger partial charge >= 0.3 is 0 Å². The summed E-state index contributed by atoms with van der Waals surface area (Å²) in [6, 6.07) is 11.7. The molecule has 0 radical (unpaired) electrons. The average Bonchev–Trinajstić information content (AvgIpc) is 2.28. The third kappa shape index (κ3) is 2.90. The van der Waals surface area contributed by atoms with Crippen molar-refractivity contribution >= 4 is 29.1 Å². The Morgan fingerprint density at radius 1 is 1.25 bits per heavy atom. The number of benzene rings is 1. The van der Waals surface area contributed by atoms with Gasteiger partial charge in [-0.25, -0.2) is 4.98 Å². The van der Waals surface area contributed by atoms with E-state index >= 15 is 0 Å². The van der Waals surface area contributed by atoms with Crippen LogP contribution >= 0.6 is 23.4 Å². The largest absolute Gasteiger partial charge is 0.399 e. The van der Waals surface area contributed by atoms with Crippen LogP contribution in [0.3, 0.4) is 0 Å². The zero-order valence-electron chi connectivity index (χ0n) is 8.56. The van der Waals surface area contributed by atoms with Gasteiger partial charge in [0.15, 0.2) is 0 Å². The first kappa shape index (κ1) is 11.3. The standard InChI is InChI=1S/C12H11ClN2S/c13-12-9(3-2-6-15-12)8-16-11-5-1-4-10(14)7-11/h1-7H,8,14H2. The van der Waals surface area contributed by atoms with Crippen LogP contribution in [0.1, 0.15) is 5.56 Å². The topological polar surface area (TPSA) is 38.9 Å². The second-order valence-corrected chi connectivity index (χ2v) is 4.72. The molecule has 4 heteroatoms. The van der Waals surface area contributed by atoms with Gasteiger partial charge in [0.05, 0.1) is 0 Å². The number of nitrogens with zero attached hydrogens (tertiary/aromatic N) is 1. The zero-order valence-corrected chi connectivity index (χ0v) is 10.1. The van der Waals surface area contributed by atoms with Crippen molar-refractivity contribution in [2.45, 2.75) is 10.6 Å². The summed E-state index contributed by atoms with van der Waals surface area (Å²) < 4.78 is 0. The molecule has 0 bridgehead atoms. The van der Waals surface area contributed by atoms with Crippen LogP contribution in [0, 0.1) is 0 Å². The van der Waals surface area contributed by atoms with Gasteiger partial charge in [0.2, 0.25) is 0 Å². The molecule has 0 amide bonds. The van der Waals surface area contributed by atoms with E-state index in [0.717, 1.165) is 21.9 Å². The van der Waals surface area contributed by atoms with E-state index in [4.69, 9.17) is 17.3 Å². The lowest BCUT2D eigenvalue weighted by Crippen LogP contribution is -1.86. The highest BCUT2D eigenvalue weighted by atomic mass is 35.5. The molecule has 0 aliphatic rings. The van der Waals surface area contributed by atoms with Crippen molar-refractivity contribution in [1.82, 2.24) is 4.98 Å². The number of nitrogen functional groups attached to an aromatic ring is 1. The maximum absolute atomic E-state index is 5.97. The molecular formula is C12H11ClN2S. The van der Waals surface area contributed by atoms with Crippen molar-refractivity contribution in [2.24, 2.45) is 0 Å². The van der Waals surface area contributed by atoms with Crippen molar-refractivity contribution < 1.29 is 0 Å². The van der Waals surface area contributed by atoms with E-state index in [1.807, 2.05) is 36.4 Å². The van der Waals surface area contributed by atoms with Gasteiger partial charge in [0.25, 0.3) is 0 Å². The lowest BCUT2D eigenvalue weighted by atomic mass is 10.3. The number of aromatic nitrogens is 1. The minimum absolute atomic E-state index is 0.568. The molecule has 0 aliphatic carbocycles. The molecule has 16 heavy (non-hydrogen) atoms. The normalized spacial score (nSPS) is 10.3. The number of pyridine rings is 1. The maximum Gasteiger partial charge on any atom is 0.133 e. The number of hydrogen-bond donors (Lipinski definition) is 1. The van der Waals surface area contributed by atoms with Crippen LogP contribution in [-0.2, 0) is 5.75 Å². The van der Waals surface area contributed by atoms with E-state index in [0.29, 0.717) is 5.15 Å². The summed E-state index contributed by atoms with van der Waals surface area (Å²) in [5.41, 5.74) is 7.52. The lowest BCUT2D eigenvalue weighted by Gasteiger charge is -2.04. The molecule has 2 nitrogen and oxygen atoms in total. The van der Waals surface area contributed by atoms with Crippen LogP contribution in [0.5, 0.6) is 0 Å². The number of halogens is 1. The Labute approximate surface area is 104 Å². The third-order valence-electron chi connectivity index (χ3n) is 2.09. The molecular weight excluding hydrogens is 240 g/mol. The monoisotopic (exact) mass is 250 g/mol. The highest BCUT2D eigenvalue weighted by molar-refractivity contribution is 7.98. The van der Waals surface area contributed by atoms with Crippen molar-refractivity contribution in [1.29, 1.82) is 0 Å². The highest BCUT2D eigenvalue weighted by Crippen LogP contribution is 2.26. The van der Waals surface area contributed by atoms with Crippen LogP contribution in [0.2, 0.25) is 5.15 Å². The van der Waals surface area contributed by atoms with Gasteiger partial charge in [-0.05, 0) is 29.8 Å². The Hall–Kier alpha value is -1.19. The molecule has 0 spiro atoms. The molecule has 2 N–H and O–H groups in total. The minimum Gasteiger partial charge on any atom is -0.399 e. The summed E-state index contributed by atoms with van der Waals surface area (Å²) in [5, 5.41) is 0.568. The van der Waals surface area contributed by atoms with E-state index in [1.54, 1.807) is 18.0 Å². The molecule has 2 rings (SSSR count). The lowest BCUT2D eigenvalue weighted by molar-refractivity contribution is 1.25. The zero-order chi connectivity index (χ0) is 11.4. The van der Waals surface area contributed by atoms with Gasteiger partial charge < -0.3 is 5.73 Å². The fourth-order valence-corrected chi connectivity index (χ4v) is 2.51. The second-order valence-electron chi connectivity index (χ2n) is 3.31. The third-order valence-corrected chi connectivity index (χ3v) is 3.47. The predicted molar refractivity (Wildman–Crippen MR) is 69.7 cm³/mol. The van der Waals surface area contributed by atoms with Crippen molar-refractivity contribution in [2.75, 3.05) is 5.73 Å². The number of rotatable bonds is 3. The Morgan fingerprint density at radius 3 is 2.88 bits per heavy atom. The Bertz CT molecular complexity index is 488. The first-order valence-corrected chi connectivity index (χ1v) is 6.20.